The molecule has 0 nitrogen and oxygen atoms in total. The van der Waals surface area contributed by atoms with Gasteiger partial charge in [-0.1, -0.05) is 50.1 Å². The van der Waals surface area contributed by atoms with Crippen LogP contribution in [-0.2, 0) is 0 Å². The highest BCUT2D eigenvalue weighted by molar-refractivity contribution is 5.20. The molecule has 2 saturated carbocycles. The fourth-order valence-electron chi connectivity index (χ4n) is 4.39. The minimum absolute atomic E-state index is 0.852. The van der Waals surface area contributed by atoms with Gasteiger partial charge in [0.15, 0.2) is 0 Å². The third kappa shape index (κ3) is 2.48. The van der Waals surface area contributed by atoms with E-state index in [2.05, 4.69) is 37.3 Å². The van der Waals surface area contributed by atoms with Crippen molar-refractivity contribution in [2.24, 2.45) is 17.8 Å². The van der Waals surface area contributed by atoms with E-state index in [9.17, 15) is 0 Å². The maximum absolute atomic E-state index is 2.38. The van der Waals surface area contributed by atoms with E-state index in [1.807, 2.05) is 0 Å². The van der Waals surface area contributed by atoms with Crippen molar-refractivity contribution in [2.45, 2.75) is 57.8 Å². The molecule has 1 unspecified atom stereocenters. The summed E-state index contributed by atoms with van der Waals surface area (Å²) in [4.78, 5) is 0. The first-order valence-electron chi connectivity index (χ1n) is 7.91. The van der Waals surface area contributed by atoms with Crippen LogP contribution in [0.3, 0.4) is 0 Å². The molecule has 4 atom stereocenters. The average Bonchev–Trinajstić information content (AvgIpc) is 2.47. The van der Waals surface area contributed by atoms with Crippen molar-refractivity contribution in [1.29, 1.82) is 0 Å². The van der Waals surface area contributed by atoms with Gasteiger partial charge in [0.1, 0.15) is 0 Å². The Labute approximate surface area is 112 Å². The van der Waals surface area contributed by atoms with Crippen LogP contribution in [0.1, 0.15) is 63.4 Å². The first-order chi connectivity index (χ1) is 8.86. The molecule has 3 rings (SSSR count). The summed E-state index contributed by atoms with van der Waals surface area (Å²) in [6.45, 7) is 2.38. The standard InChI is InChI=1S/C18H26/c1-2-14-8-9-18-13-17(11-10-16(18)12-14)15-6-4-3-5-7-15/h3-7,14,16-18H,2,8-13H2,1H3/t14?,16-,17-,18-/m1/s1. The smallest absolute Gasteiger partial charge is 0.0159 e. The quantitative estimate of drug-likeness (QED) is 0.651. The number of hydrogen-bond acceptors (Lipinski definition) is 0. The molecule has 0 heteroatoms. The van der Waals surface area contributed by atoms with Gasteiger partial charge in [0, 0.05) is 0 Å². The molecule has 0 spiro atoms. The van der Waals surface area contributed by atoms with E-state index in [0.29, 0.717) is 0 Å². The van der Waals surface area contributed by atoms with Crippen LogP contribution in [-0.4, -0.2) is 0 Å². The van der Waals surface area contributed by atoms with Crippen molar-refractivity contribution in [3.63, 3.8) is 0 Å². The second-order valence-corrected chi connectivity index (χ2v) is 6.53. The molecular weight excluding hydrogens is 216 g/mol. The molecule has 2 aliphatic rings. The molecule has 0 amide bonds. The summed E-state index contributed by atoms with van der Waals surface area (Å²) in [5.74, 6) is 3.99. The summed E-state index contributed by atoms with van der Waals surface area (Å²) < 4.78 is 0. The van der Waals surface area contributed by atoms with Crippen LogP contribution in [0.15, 0.2) is 30.3 Å². The monoisotopic (exact) mass is 242 g/mol. The van der Waals surface area contributed by atoms with Crippen molar-refractivity contribution in [3.8, 4) is 0 Å². The Morgan fingerprint density at radius 3 is 2.39 bits per heavy atom. The summed E-state index contributed by atoms with van der Waals surface area (Å²) in [6.07, 6.45) is 10.3. The van der Waals surface area contributed by atoms with Crippen molar-refractivity contribution in [2.75, 3.05) is 0 Å². The Morgan fingerprint density at radius 1 is 0.889 bits per heavy atom. The van der Waals surface area contributed by atoms with Gasteiger partial charge in [0.25, 0.3) is 0 Å². The zero-order valence-corrected chi connectivity index (χ0v) is 11.6. The SMILES string of the molecule is CCC1CC[C@@H]2C[C@H](c3ccccc3)CC[C@@H]2C1. The van der Waals surface area contributed by atoms with Gasteiger partial charge in [-0.05, 0) is 61.3 Å². The highest BCUT2D eigenvalue weighted by Crippen LogP contribution is 2.47. The predicted molar refractivity (Wildman–Crippen MR) is 77.6 cm³/mol. The van der Waals surface area contributed by atoms with Crippen molar-refractivity contribution >= 4 is 0 Å². The van der Waals surface area contributed by atoms with Gasteiger partial charge in [-0.3, -0.25) is 0 Å². The highest BCUT2D eigenvalue weighted by atomic mass is 14.4. The number of hydrogen-bond donors (Lipinski definition) is 0. The minimum Gasteiger partial charge on any atom is -0.0651 e. The highest BCUT2D eigenvalue weighted by Gasteiger charge is 2.35. The molecule has 0 radical (unpaired) electrons. The van der Waals surface area contributed by atoms with Crippen LogP contribution in [0.5, 0.6) is 0 Å². The summed E-state index contributed by atoms with van der Waals surface area (Å²) >= 11 is 0. The van der Waals surface area contributed by atoms with E-state index in [0.717, 1.165) is 23.7 Å². The molecule has 1 aromatic rings. The largest absolute Gasteiger partial charge is 0.0651 e. The molecule has 0 aliphatic heterocycles. The molecule has 0 bridgehead atoms. The maximum Gasteiger partial charge on any atom is -0.0159 e. The first kappa shape index (κ1) is 12.3. The Balaban J connectivity index is 1.65. The van der Waals surface area contributed by atoms with E-state index in [1.54, 1.807) is 5.56 Å². The summed E-state index contributed by atoms with van der Waals surface area (Å²) in [6, 6.07) is 11.2. The van der Waals surface area contributed by atoms with Gasteiger partial charge in [-0.2, -0.15) is 0 Å². The predicted octanol–water partition coefficient (Wildman–Crippen LogP) is 5.40. The average molecular weight is 242 g/mol. The third-order valence-electron chi connectivity index (χ3n) is 5.57. The molecule has 18 heavy (non-hydrogen) atoms. The lowest BCUT2D eigenvalue weighted by Crippen LogP contribution is -2.30. The van der Waals surface area contributed by atoms with Crippen molar-refractivity contribution < 1.29 is 0 Å². The molecular formula is C18H26. The first-order valence-corrected chi connectivity index (χ1v) is 7.91. The van der Waals surface area contributed by atoms with Gasteiger partial charge in [0.05, 0.1) is 0 Å². The topological polar surface area (TPSA) is 0 Å². The lowest BCUT2D eigenvalue weighted by molar-refractivity contribution is 0.116. The minimum atomic E-state index is 0.852. The molecule has 0 heterocycles. The van der Waals surface area contributed by atoms with Crippen LogP contribution in [0.25, 0.3) is 0 Å². The van der Waals surface area contributed by atoms with Gasteiger partial charge in [0.2, 0.25) is 0 Å². The fourth-order valence-corrected chi connectivity index (χ4v) is 4.39. The Bertz CT molecular complexity index is 367. The normalized spacial score (nSPS) is 36.1. The molecule has 0 N–H and O–H groups in total. The second-order valence-electron chi connectivity index (χ2n) is 6.53. The van der Waals surface area contributed by atoms with Crippen LogP contribution in [0.2, 0.25) is 0 Å². The molecule has 0 aromatic heterocycles. The fraction of sp³-hybridized carbons (Fsp3) is 0.667. The van der Waals surface area contributed by atoms with Crippen LogP contribution >= 0.6 is 0 Å². The number of benzene rings is 1. The van der Waals surface area contributed by atoms with E-state index in [4.69, 9.17) is 0 Å². The zero-order chi connectivity index (χ0) is 12.4. The number of rotatable bonds is 2. The molecule has 1 aromatic carbocycles. The van der Waals surface area contributed by atoms with Gasteiger partial charge < -0.3 is 0 Å². The van der Waals surface area contributed by atoms with Crippen molar-refractivity contribution in [1.82, 2.24) is 0 Å². The molecule has 2 aliphatic carbocycles. The number of fused-ring (bicyclic) bond motifs is 1. The Morgan fingerprint density at radius 2 is 1.61 bits per heavy atom. The summed E-state index contributed by atoms with van der Waals surface area (Å²) in [7, 11) is 0. The molecule has 0 saturated heterocycles. The van der Waals surface area contributed by atoms with Crippen molar-refractivity contribution in [3.05, 3.63) is 35.9 Å². The van der Waals surface area contributed by atoms with Gasteiger partial charge >= 0.3 is 0 Å². The van der Waals surface area contributed by atoms with E-state index >= 15 is 0 Å². The van der Waals surface area contributed by atoms with Gasteiger partial charge in [-0.25, -0.2) is 0 Å². The molecule has 2 fully saturated rings. The Hall–Kier alpha value is -0.780. The van der Waals surface area contributed by atoms with E-state index in [1.165, 1.54) is 44.9 Å². The van der Waals surface area contributed by atoms with Crippen LogP contribution in [0.4, 0.5) is 0 Å². The van der Waals surface area contributed by atoms with E-state index < -0.39 is 0 Å². The lowest BCUT2D eigenvalue weighted by Gasteiger charge is -2.42. The van der Waals surface area contributed by atoms with Crippen LogP contribution < -0.4 is 0 Å². The second kappa shape index (κ2) is 5.47. The van der Waals surface area contributed by atoms with E-state index in [-0.39, 0.29) is 0 Å². The maximum atomic E-state index is 2.38. The Kier molecular flexibility index (Phi) is 3.72. The third-order valence-corrected chi connectivity index (χ3v) is 5.57. The summed E-state index contributed by atoms with van der Waals surface area (Å²) in [5.41, 5.74) is 1.59. The molecule has 98 valence electrons. The summed E-state index contributed by atoms with van der Waals surface area (Å²) in [5, 5.41) is 0. The van der Waals surface area contributed by atoms with Gasteiger partial charge in [-0.15, -0.1) is 0 Å². The van der Waals surface area contributed by atoms with Crippen LogP contribution in [0, 0.1) is 17.8 Å². The zero-order valence-electron chi connectivity index (χ0n) is 11.6. The lowest BCUT2D eigenvalue weighted by atomic mass is 9.63.